The van der Waals surface area contributed by atoms with Crippen LogP contribution in [0.25, 0.3) is 72.0 Å². The Morgan fingerprint density at radius 2 is 1.08 bits per heavy atom. The minimum absolute atomic E-state index is 0.309. The van der Waals surface area contributed by atoms with Crippen LogP contribution in [0.5, 0.6) is 0 Å². The highest BCUT2D eigenvalue weighted by molar-refractivity contribution is 6.14. The van der Waals surface area contributed by atoms with Crippen LogP contribution in [0.15, 0.2) is 212 Å². The first kappa shape index (κ1) is 34.6. The molecular weight excluding hydrogens is 727 g/mol. The zero-order chi connectivity index (χ0) is 39.6. The Kier molecular flexibility index (Phi) is 8.14. The van der Waals surface area contributed by atoms with Crippen LogP contribution >= 0.6 is 0 Å². The number of para-hydroxylation sites is 3. The first-order valence-electron chi connectivity index (χ1n) is 21.0. The van der Waals surface area contributed by atoms with Crippen molar-refractivity contribution in [2.24, 2.45) is 0 Å². The summed E-state index contributed by atoms with van der Waals surface area (Å²) in [5.41, 5.74) is 19.5. The van der Waals surface area contributed by atoms with Crippen LogP contribution < -0.4 is 10.2 Å². The molecule has 0 fully saturated rings. The highest BCUT2D eigenvalue weighted by atomic mass is 15.2. The van der Waals surface area contributed by atoms with E-state index in [1.807, 2.05) is 0 Å². The maximum atomic E-state index is 3.68. The fraction of sp³-hybridized carbons (Fsp3) is 0.0526. The largest absolute Gasteiger partial charge is 0.312 e. The predicted octanol–water partition coefficient (Wildman–Crippen LogP) is 14.5. The Hall–Kier alpha value is -7.46. The van der Waals surface area contributed by atoms with Crippen LogP contribution in [0, 0.1) is 0 Å². The summed E-state index contributed by atoms with van der Waals surface area (Å²) in [6.45, 7) is 1.86. The minimum atomic E-state index is 0.309. The lowest BCUT2D eigenvalue weighted by Crippen LogP contribution is -2.28. The van der Waals surface area contributed by atoms with Crippen LogP contribution in [0.1, 0.15) is 22.6 Å². The lowest BCUT2D eigenvalue weighted by Gasteiger charge is -2.29. The molecule has 12 rings (SSSR count). The molecule has 9 aromatic carbocycles. The molecule has 1 unspecified atom stereocenters. The third-order valence-electron chi connectivity index (χ3n) is 12.7. The van der Waals surface area contributed by atoms with E-state index in [1.165, 1.54) is 88.7 Å². The van der Waals surface area contributed by atoms with Crippen molar-refractivity contribution in [2.45, 2.75) is 12.5 Å². The van der Waals surface area contributed by atoms with Gasteiger partial charge in [0.1, 0.15) is 0 Å². The second kappa shape index (κ2) is 14.1. The van der Waals surface area contributed by atoms with E-state index < -0.39 is 0 Å². The lowest BCUT2D eigenvalue weighted by atomic mass is 9.85. The van der Waals surface area contributed by atoms with Crippen LogP contribution in [0.2, 0.25) is 0 Å². The van der Waals surface area contributed by atoms with Gasteiger partial charge < -0.3 is 14.8 Å². The standard InChI is InChI=1S/C57H41N3/c1-3-16-38(17-4-1)43-33-44(39-18-5-2-6-19-39)35-45(34-43)59-53-26-12-9-23-48(53)56-49-24-10-13-27-54(49)60(55-28-14-11-25-50(55)57(56)59)52-29-15-21-40-32-41(30-31-47(40)52)51-37-58-36-42-20-7-8-22-46(42)51/h1-35,51,58H,36-37H2. The zero-order valence-corrected chi connectivity index (χ0v) is 33.1. The number of anilines is 3. The number of nitrogens with zero attached hydrogens (tertiary/aromatic N) is 2. The SMILES string of the molecule is c1ccc(-c2cc(-c3ccccc3)cc(-n3c4c(c5ccccc53)-c3ccccc3N(c3cccc5cc(C6CNCc7ccccc76)ccc35)c3ccccc3-4)c2)cc1. The van der Waals surface area contributed by atoms with Crippen molar-refractivity contribution < 1.29 is 0 Å². The topological polar surface area (TPSA) is 20.2 Å². The van der Waals surface area contributed by atoms with Crippen molar-refractivity contribution in [2.75, 3.05) is 11.4 Å². The van der Waals surface area contributed by atoms with Gasteiger partial charge >= 0.3 is 0 Å². The van der Waals surface area contributed by atoms with Crippen LogP contribution in [0.3, 0.4) is 0 Å². The zero-order valence-electron chi connectivity index (χ0n) is 33.1. The van der Waals surface area contributed by atoms with Crippen LogP contribution in [-0.2, 0) is 6.54 Å². The molecule has 0 radical (unpaired) electrons. The number of aromatic nitrogens is 1. The number of hydrogen-bond donors (Lipinski definition) is 1. The Labute approximate surface area is 350 Å². The van der Waals surface area contributed by atoms with Crippen molar-refractivity contribution in [3.05, 3.63) is 229 Å². The smallest absolute Gasteiger partial charge is 0.0641 e. The monoisotopic (exact) mass is 767 g/mol. The average molecular weight is 768 g/mol. The number of nitrogens with one attached hydrogen (secondary N) is 1. The van der Waals surface area contributed by atoms with Gasteiger partial charge in [-0.1, -0.05) is 170 Å². The third-order valence-corrected chi connectivity index (χ3v) is 12.7. The fourth-order valence-corrected chi connectivity index (χ4v) is 10.00. The summed E-state index contributed by atoms with van der Waals surface area (Å²) >= 11 is 0. The van der Waals surface area contributed by atoms with Crippen molar-refractivity contribution in [1.82, 2.24) is 9.88 Å². The highest BCUT2D eigenvalue weighted by Crippen LogP contribution is 2.55. The summed E-state index contributed by atoms with van der Waals surface area (Å²) in [6.07, 6.45) is 0. The number of benzene rings is 9. The molecule has 0 aliphatic carbocycles. The van der Waals surface area contributed by atoms with Gasteiger partial charge in [0.25, 0.3) is 0 Å². The molecule has 0 spiro atoms. The summed E-state index contributed by atoms with van der Waals surface area (Å²) in [5.74, 6) is 0.309. The maximum absolute atomic E-state index is 3.68. The van der Waals surface area contributed by atoms with Crippen molar-refractivity contribution in [3.63, 3.8) is 0 Å². The summed E-state index contributed by atoms with van der Waals surface area (Å²) in [4.78, 5) is 2.51. The fourth-order valence-electron chi connectivity index (χ4n) is 10.00. The van der Waals surface area contributed by atoms with Gasteiger partial charge in [-0.05, 0) is 86.8 Å². The van der Waals surface area contributed by atoms with E-state index in [1.54, 1.807) is 0 Å². The molecule has 1 atom stereocenters. The third kappa shape index (κ3) is 5.55. The minimum Gasteiger partial charge on any atom is -0.312 e. The Balaban J connectivity index is 1.11. The Morgan fingerprint density at radius 1 is 0.450 bits per heavy atom. The molecule has 0 saturated heterocycles. The van der Waals surface area contributed by atoms with Crippen molar-refractivity contribution in [3.8, 4) is 50.3 Å². The van der Waals surface area contributed by atoms with Gasteiger partial charge in [0, 0.05) is 52.2 Å². The first-order valence-corrected chi connectivity index (χ1v) is 21.0. The molecule has 0 amide bonds. The quantitative estimate of drug-likeness (QED) is 0.188. The van der Waals surface area contributed by atoms with Crippen molar-refractivity contribution >= 4 is 38.7 Å². The molecule has 60 heavy (non-hydrogen) atoms. The summed E-state index contributed by atoms with van der Waals surface area (Å²) in [6, 6.07) is 78.4. The van der Waals surface area contributed by atoms with E-state index in [4.69, 9.17) is 0 Å². The lowest BCUT2D eigenvalue weighted by molar-refractivity contribution is 0.592. The Bertz CT molecular complexity index is 3190. The van der Waals surface area contributed by atoms with E-state index in [0.29, 0.717) is 5.92 Å². The molecule has 3 heteroatoms. The van der Waals surface area contributed by atoms with Crippen molar-refractivity contribution in [1.29, 1.82) is 0 Å². The first-order chi connectivity index (χ1) is 29.8. The van der Waals surface area contributed by atoms with Gasteiger partial charge in [-0.3, -0.25) is 0 Å². The average Bonchev–Trinajstić information content (AvgIpc) is 3.61. The van der Waals surface area contributed by atoms with Gasteiger partial charge in [0.05, 0.1) is 28.3 Å². The van der Waals surface area contributed by atoms with Gasteiger partial charge in [-0.2, -0.15) is 0 Å². The molecular formula is C57H41N3. The van der Waals surface area contributed by atoms with Gasteiger partial charge in [-0.25, -0.2) is 0 Å². The van der Waals surface area contributed by atoms with Crippen LogP contribution in [-0.4, -0.2) is 11.1 Å². The Morgan fingerprint density at radius 3 is 1.87 bits per heavy atom. The van der Waals surface area contributed by atoms with E-state index >= 15 is 0 Å². The van der Waals surface area contributed by atoms with Gasteiger partial charge in [0.15, 0.2) is 0 Å². The molecule has 10 aromatic rings. The number of hydrogen-bond acceptors (Lipinski definition) is 2. The van der Waals surface area contributed by atoms with Gasteiger partial charge in [0.2, 0.25) is 0 Å². The number of fused-ring (bicyclic) bond motifs is 9. The molecule has 284 valence electrons. The highest BCUT2D eigenvalue weighted by Gasteiger charge is 2.32. The molecule has 1 aromatic heterocycles. The van der Waals surface area contributed by atoms with E-state index in [9.17, 15) is 0 Å². The molecule has 0 saturated carbocycles. The number of rotatable bonds is 5. The summed E-state index contributed by atoms with van der Waals surface area (Å²) < 4.78 is 2.52. The molecule has 3 nitrogen and oxygen atoms in total. The van der Waals surface area contributed by atoms with Gasteiger partial charge in [-0.15, -0.1) is 0 Å². The second-order valence-corrected chi connectivity index (χ2v) is 16.1. The predicted molar refractivity (Wildman–Crippen MR) is 251 cm³/mol. The summed E-state index contributed by atoms with van der Waals surface area (Å²) in [7, 11) is 0. The second-order valence-electron chi connectivity index (χ2n) is 16.1. The summed E-state index contributed by atoms with van der Waals surface area (Å²) in [5, 5.41) is 7.37. The molecule has 3 heterocycles. The molecule has 0 bridgehead atoms. The normalized spacial score (nSPS) is 14.3. The van der Waals surface area contributed by atoms with E-state index in [-0.39, 0.29) is 0 Å². The molecule has 1 N–H and O–H groups in total. The van der Waals surface area contributed by atoms with E-state index in [2.05, 4.69) is 227 Å². The molecule has 2 aliphatic rings. The van der Waals surface area contributed by atoms with Crippen LogP contribution in [0.4, 0.5) is 17.1 Å². The van der Waals surface area contributed by atoms with E-state index in [0.717, 1.165) is 30.2 Å². The maximum Gasteiger partial charge on any atom is 0.0641 e. The molecule has 2 aliphatic heterocycles.